The Labute approximate surface area is 127 Å². The molecule has 1 aromatic heterocycles. The Hall–Kier alpha value is -1.08. The summed E-state index contributed by atoms with van der Waals surface area (Å²) in [6.07, 6.45) is 2.19. The monoisotopic (exact) mass is 317 g/mol. The van der Waals surface area contributed by atoms with Crippen LogP contribution in [-0.2, 0) is 12.6 Å². The molecule has 124 valence electrons. The van der Waals surface area contributed by atoms with E-state index in [2.05, 4.69) is 10.3 Å². The van der Waals surface area contributed by atoms with E-state index in [-0.39, 0.29) is 12.4 Å². The van der Waals surface area contributed by atoms with Crippen LogP contribution < -0.4 is 5.32 Å². The van der Waals surface area contributed by atoms with Crippen molar-refractivity contribution in [1.82, 2.24) is 14.9 Å². The van der Waals surface area contributed by atoms with Crippen LogP contribution in [0.3, 0.4) is 0 Å². The number of imidazole rings is 1. The number of alkyl halides is 3. The maximum absolute atomic E-state index is 13.4. The Bertz CT molecular complexity index is 530. The van der Waals surface area contributed by atoms with Gasteiger partial charge in [0.25, 0.3) is 0 Å². The molecule has 0 spiro atoms. The topological polar surface area (TPSA) is 50.1 Å². The van der Waals surface area contributed by atoms with Crippen LogP contribution >= 0.6 is 0 Å². The van der Waals surface area contributed by atoms with Gasteiger partial charge in [0.05, 0.1) is 0 Å². The summed E-state index contributed by atoms with van der Waals surface area (Å²) in [5.74, 6) is 0.977. The summed E-state index contributed by atoms with van der Waals surface area (Å²) < 4.78 is 41.3. The fraction of sp³-hybridized carbons (Fsp3) is 0.800. The fourth-order valence-corrected chi connectivity index (χ4v) is 4.08. The lowest BCUT2D eigenvalue weighted by Crippen LogP contribution is -2.47. The van der Waals surface area contributed by atoms with Gasteiger partial charge in [-0.05, 0) is 37.6 Å². The number of aryl methyl sites for hydroxylation is 1. The van der Waals surface area contributed by atoms with Crippen molar-refractivity contribution in [1.29, 1.82) is 0 Å². The highest BCUT2D eigenvalue weighted by Gasteiger charge is 2.57. The SMILES string of the molecule is Cn1ccnc1[C@@](O)(CCN[C@H]1C[C@H]2CC[C@H]1C2)C(F)(F)F. The number of fused-ring (bicyclic) bond motifs is 2. The van der Waals surface area contributed by atoms with Crippen LogP contribution in [-0.4, -0.2) is 33.4 Å². The molecule has 2 N–H and O–H groups in total. The summed E-state index contributed by atoms with van der Waals surface area (Å²) >= 11 is 0. The number of rotatable bonds is 5. The normalized spacial score (nSPS) is 30.7. The Morgan fingerprint density at radius 2 is 2.14 bits per heavy atom. The highest BCUT2D eigenvalue weighted by Crippen LogP contribution is 2.45. The molecule has 3 rings (SSSR count). The van der Waals surface area contributed by atoms with Gasteiger partial charge in [-0.25, -0.2) is 4.98 Å². The van der Waals surface area contributed by atoms with E-state index in [1.807, 2.05) is 0 Å². The van der Waals surface area contributed by atoms with E-state index >= 15 is 0 Å². The molecule has 0 aromatic carbocycles. The van der Waals surface area contributed by atoms with Crippen LogP contribution in [0.1, 0.15) is 37.9 Å². The molecule has 2 fully saturated rings. The Balaban J connectivity index is 1.65. The predicted molar refractivity (Wildman–Crippen MR) is 75.0 cm³/mol. The summed E-state index contributed by atoms with van der Waals surface area (Å²) in [6.45, 7) is 0.136. The molecule has 0 radical (unpaired) electrons. The van der Waals surface area contributed by atoms with Crippen molar-refractivity contribution >= 4 is 0 Å². The standard InChI is InChI=1S/C15H22F3N3O/c1-21-7-6-20-13(21)14(22,15(16,17)18)4-5-19-12-9-10-2-3-11(12)8-10/h6-7,10-12,19,22H,2-5,8-9H2,1H3/t10-,11-,12-,14-/m0/s1. The minimum atomic E-state index is -4.75. The first-order chi connectivity index (χ1) is 10.3. The van der Waals surface area contributed by atoms with Crippen LogP contribution in [0, 0.1) is 11.8 Å². The molecule has 2 bridgehead atoms. The quantitative estimate of drug-likeness (QED) is 0.876. The number of aromatic nitrogens is 2. The third-order valence-corrected chi connectivity index (χ3v) is 5.29. The van der Waals surface area contributed by atoms with Crippen molar-refractivity contribution < 1.29 is 18.3 Å². The van der Waals surface area contributed by atoms with Crippen molar-refractivity contribution in [2.75, 3.05) is 6.54 Å². The van der Waals surface area contributed by atoms with Crippen molar-refractivity contribution in [3.05, 3.63) is 18.2 Å². The summed E-state index contributed by atoms with van der Waals surface area (Å²) in [5, 5.41) is 13.5. The number of halogens is 3. The lowest BCUT2D eigenvalue weighted by Gasteiger charge is -2.31. The average molecular weight is 317 g/mol. The lowest BCUT2D eigenvalue weighted by molar-refractivity contribution is -0.272. The molecular formula is C15H22F3N3O. The summed E-state index contributed by atoms with van der Waals surface area (Å²) in [6, 6.07) is 0.303. The molecule has 4 nitrogen and oxygen atoms in total. The highest BCUT2D eigenvalue weighted by molar-refractivity contribution is 5.08. The van der Waals surface area contributed by atoms with E-state index < -0.39 is 18.2 Å². The molecule has 0 saturated heterocycles. The zero-order chi connectivity index (χ0) is 16.0. The van der Waals surface area contributed by atoms with Gasteiger partial charge in [0.15, 0.2) is 0 Å². The van der Waals surface area contributed by atoms with Gasteiger partial charge in [-0.1, -0.05) is 6.42 Å². The summed E-state index contributed by atoms with van der Waals surface area (Å²) in [4.78, 5) is 3.71. The molecular weight excluding hydrogens is 295 g/mol. The largest absolute Gasteiger partial charge is 0.424 e. The van der Waals surface area contributed by atoms with Crippen molar-refractivity contribution in [3.63, 3.8) is 0 Å². The fourth-order valence-electron chi connectivity index (χ4n) is 4.08. The van der Waals surface area contributed by atoms with Crippen LogP contribution in [0.5, 0.6) is 0 Å². The van der Waals surface area contributed by atoms with Gasteiger partial charge in [-0.15, -0.1) is 0 Å². The van der Waals surface area contributed by atoms with E-state index in [0.29, 0.717) is 12.0 Å². The zero-order valence-electron chi connectivity index (χ0n) is 12.6. The van der Waals surface area contributed by atoms with Crippen LogP contribution in [0.2, 0.25) is 0 Å². The summed E-state index contributed by atoms with van der Waals surface area (Å²) in [7, 11) is 1.46. The van der Waals surface area contributed by atoms with Crippen LogP contribution in [0.15, 0.2) is 12.4 Å². The van der Waals surface area contributed by atoms with Gasteiger partial charge >= 0.3 is 6.18 Å². The average Bonchev–Trinajstić information content (AvgIpc) is 3.13. The second-order valence-electron chi connectivity index (χ2n) is 6.71. The van der Waals surface area contributed by atoms with Crippen LogP contribution in [0.4, 0.5) is 13.2 Å². The lowest BCUT2D eigenvalue weighted by atomic mass is 9.94. The van der Waals surface area contributed by atoms with Crippen LogP contribution in [0.25, 0.3) is 0 Å². The summed E-state index contributed by atoms with van der Waals surface area (Å²) in [5.41, 5.74) is -2.91. The second kappa shape index (κ2) is 5.53. The molecule has 0 unspecified atom stereocenters. The number of hydrogen-bond acceptors (Lipinski definition) is 3. The van der Waals surface area contributed by atoms with E-state index in [4.69, 9.17) is 0 Å². The van der Waals surface area contributed by atoms with E-state index in [0.717, 1.165) is 12.3 Å². The molecule has 7 heteroatoms. The maximum Gasteiger partial charge on any atom is 0.424 e. The van der Waals surface area contributed by atoms with Gasteiger partial charge in [-0.2, -0.15) is 13.2 Å². The van der Waals surface area contributed by atoms with E-state index in [1.54, 1.807) is 0 Å². The van der Waals surface area contributed by atoms with Gasteiger partial charge in [0.1, 0.15) is 5.82 Å². The number of aliphatic hydroxyl groups is 1. The third-order valence-electron chi connectivity index (χ3n) is 5.29. The Kier molecular flexibility index (Phi) is 3.97. The van der Waals surface area contributed by atoms with Crippen molar-refractivity contribution in [2.24, 2.45) is 18.9 Å². The molecule has 2 saturated carbocycles. The first kappa shape index (κ1) is 15.8. The van der Waals surface area contributed by atoms with E-state index in [9.17, 15) is 18.3 Å². The first-order valence-electron chi connectivity index (χ1n) is 7.81. The first-order valence-corrected chi connectivity index (χ1v) is 7.81. The highest BCUT2D eigenvalue weighted by atomic mass is 19.4. The molecule has 0 aliphatic heterocycles. The molecule has 2 aliphatic carbocycles. The smallest absolute Gasteiger partial charge is 0.374 e. The van der Waals surface area contributed by atoms with Gasteiger partial charge in [-0.3, -0.25) is 0 Å². The number of hydrogen-bond donors (Lipinski definition) is 2. The second-order valence-corrected chi connectivity index (χ2v) is 6.71. The molecule has 4 atom stereocenters. The maximum atomic E-state index is 13.4. The molecule has 1 heterocycles. The van der Waals surface area contributed by atoms with Gasteiger partial charge in [0.2, 0.25) is 5.60 Å². The predicted octanol–water partition coefficient (Wildman–Crippen LogP) is 2.34. The van der Waals surface area contributed by atoms with Crippen molar-refractivity contribution in [2.45, 2.75) is 49.9 Å². The minimum absolute atomic E-state index is 0.136. The minimum Gasteiger partial charge on any atom is -0.374 e. The van der Waals surface area contributed by atoms with Gasteiger partial charge < -0.3 is 15.0 Å². The number of nitrogens with zero attached hydrogens (tertiary/aromatic N) is 2. The molecule has 0 amide bonds. The molecule has 2 aliphatic rings. The third kappa shape index (κ3) is 2.65. The number of nitrogens with one attached hydrogen (secondary N) is 1. The van der Waals surface area contributed by atoms with Gasteiger partial charge in [0, 0.05) is 31.9 Å². The van der Waals surface area contributed by atoms with E-state index in [1.165, 1.54) is 43.3 Å². The molecule has 1 aromatic rings. The van der Waals surface area contributed by atoms with Crippen molar-refractivity contribution in [3.8, 4) is 0 Å². The zero-order valence-corrected chi connectivity index (χ0v) is 12.6. The Morgan fingerprint density at radius 1 is 1.36 bits per heavy atom. The Morgan fingerprint density at radius 3 is 2.64 bits per heavy atom. The molecule has 22 heavy (non-hydrogen) atoms.